The molecule has 1 aliphatic rings. The van der Waals surface area contributed by atoms with Crippen LogP contribution in [0.1, 0.15) is 17.8 Å². The Morgan fingerprint density at radius 2 is 2.00 bits per heavy atom. The first-order valence-electron chi connectivity index (χ1n) is 10.9. The predicted octanol–water partition coefficient (Wildman–Crippen LogP) is 0.0719. The largest absolute Gasteiger partial charge is 0.337 e. The smallest absolute Gasteiger partial charge is 0.250 e. The Labute approximate surface area is 118 Å². The molecule has 1 aliphatic heterocycles. The van der Waals surface area contributed by atoms with Gasteiger partial charge in [0.25, 0.3) is 0 Å². The minimum absolute atomic E-state index is 0.0111. The van der Waals surface area contributed by atoms with Crippen LogP contribution in [0.25, 0.3) is 5.69 Å². The molecule has 0 bridgehead atoms. The van der Waals surface area contributed by atoms with Gasteiger partial charge in [-0.05, 0) is 22.5 Å². The Kier molecular flexibility index (Phi) is 0.872. The number of hydrogen-bond donors (Lipinski definition) is 1. The van der Waals surface area contributed by atoms with Crippen LogP contribution in [0.15, 0.2) is 30.2 Å². The number of para-hydroxylation sites is 1. The number of benzene rings is 1. The van der Waals surface area contributed by atoms with Crippen molar-refractivity contribution in [3.63, 3.8) is 0 Å². The topological polar surface area (TPSA) is 58.9 Å². The van der Waals surface area contributed by atoms with E-state index in [1.165, 1.54) is 0 Å². The molecule has 0 saturated carbocycles. The molecular weight excluding hydrogens is 216 g/mol. The van der Waals surface area contributed by atoms with Crippen LogP contribution in [-0.4, -0.2) is 46.2 Å². The van der Waals surface area contributed by atoms with E-state index in [1.807, 2.05) is 0 Å². The van der Waals surface area contributed by atoms with Crippen LogP contribution in [0.2, 0.25) is 0 Å². The van der Waals surface area contributed by atoms with Crippen LogP contribution in [0.3, 0.4) is 0 Å². The van der Waals surface area contributed by atoms with Crippen LogP contribution in [-0.2, 0) is 0 Å². The molecule has 1 aromatic carbocycles. The van der Waals surface area contributed by atoms with Gasteiger partial charge >= 0.3 is 0 Å². The molecule has 1 aromatic heterocycles. The van der Waals surface area contributed by atoms with Gasteiger partial charge in [-0.3, -0.25) is 0 Å². The molecule has 0 spiro atoms. The summed E-state index contributed by atoms with van der Waals surface area (Å²) in [5.41, 5.74) is -0.646. The number of nitrogens with zero attached hydrogens (tertiary/aromatic N) is 5. The maximum atomic E-state index is 8.12. The Bertz CT molecular complexity index is 962. The normalized spacial score (nSPS) is 39.1. The minimum atomic E-state index is -3.28. The van der Waals surface area contributed by atoms with E-state index < -0.39 is 67.8 Å². The van der Waals surface area contributed by atoms with Crippen molar-refractivity contribution >= 4 is 5.95 Å². The molecule has 1 fully saturated rings. The molecule has 1 N–H and O–H groups in total. The summed E-state index contributed by atoms with van der Waals surface area (Å²) >= 11 is 0. The molecule has 0 amide bonds. The molecule has 0 radical (unpaired) electrons. The van der Waals surface area contributed by atoms with Crippen molar-refractivity contribution in [3.05, 3.63) is 30.2 Å². The molecular formula is C11H14N6. The standard InChI is InChI=1S/C11H14N6/c1-2-4-10(5-3-1)17-11(13-14-15-17)16-8-6-12-7-9-16/h1-5,12H,6-9H2/i1D,2D,3D,4D,5D,6D2,7D2,8D2,9D2. The van der Waals surface area contributed by atoms with Gasteiger partial charge in [0.05, 0.1) is 18.0 Å². The first-order chi connectivity index (χ1) is 13.5. The van der Waals surface area contributed by atoms with Crippen LogP contribution in [0.5, 0.6) is 0 Å². The first kappa shape index (κ1) is 3.29. The first-order valence-corrected chi connectivity index (χ1v) is 4.44. The molecule has 1 saturated heterocycles. The average Bonchev–Trinajstić information content (AvgIpc) is 3.04. The second kappa shape index (κ2) is 4.50. The highest BCUT2D eigenvalue weighted by atomic mass is 15.6. The summed E-state index contributed by atoms with van der Waals surface area (Å²) < 4.78 is 104. The van der Waals surface area contributed by atoms with Crippen molar-refractivity contribution in [2.24, 2.45) is 0 Å². The fourth-order valence-electron chi connectivity index (χ4n) is 1.14. The molecule has 17 heavy (non-hydrogen) atoms. The van der Waals surface area contributed by atoms with E-state index in [9.17, 15) is 0 Å². The Hall–Kier alpha value is -1.95. The van der Waals surface area contributed by atoms with Crippen LogP contribution < -0.4 is 10.2 Å². The summed E-state index contributed by atoms with van der Waals surface area (Å²) in [5, 5.41) is 11.8. The number of tetrazole rings is 1. The summed E-state index contributed by atoms with van der Waals surface area (Å²) in [6, 6.07) is -3.80. The third-order valence-electron chi connectivity index (χ3n) is 1.81. The van der Waals surface area contributed by atoms with Crippen LogP contribution in [0.4, 0.5) is 5.95 Å². The fourth-order valence-corrected chi connectivity index (χ4v) is 1.14. The van der Waals surface area contributed by atoms with Gasteiger partial charge in [0.15, 0.2) is 0 Å². The zero-order chi connectivity index (χ0) is 23.0. The SMILES string of the molecule is [2H]c1c([2H])c([2H])c(-n2nnnc2N2C([2H])([2H])C([2H])([2H])NC([2H])([2H])C2([2H])[2H])c([2H])c1[2H]. The second-order valence-electron chi connectivity index (χ2n) is 2.80. The molecule has 88 valence electrons. The number of aromatic nitrogens is 4. The summed E-state index contributed by atoms with van der Waals surface area (Å²) in [6.07, 6.45) is 0. The molecule has 3 rings (SSSR count). The highest BCUT2D eigenvalue weighted by molar-refractivity contribution is 5.40. The zero-order valence-corrected chi connectivity index (χ0v) is 8.24. The van der Waals surface area contributed by atoms with Gasteiger partial charge in [-0.1, -0.05) is 23.2 Å². The summed E-state index contributed by atoms with van der Waals surface area (Å²) in [4.78, 5) is 0.0111. The average molecular weight is 243 g/mol. The van der Waals surface area contributed by atoms with Crippen molar-refractivity contribution in [2.75, 3.05) is 30.9 Å². The highest BCUT2D eigenvalue weighted by Crippen LogP contribution is 2.15. The molecule has 0 atom stereocenters. The van der Waals surface area contributed by atoms with E-state index in [0.29, 0.717) is 4.68 Å². The van der Waals surface area contributed by atoms with Crippen molar-refractivity contribution in [1.82, 2.24) is 25.5 Å². The van der Waals surface area contributed by atoms with Gasteiger partial charge in [-0.25, -0.2) is 0 Å². The summed E-state index contributed by atoms with van der Waals surface area (Å²) in [5.74, 6) is -0.905. The summed E-state index contributed by atoms with van der Waals surface area (Å²) in [7, 11) is 0. The van der Waals surface area contributed by atoms with E-state index in [0.717, 1.165) is 0 Å². The lowest BCUT2D eigenvalue weighted by molar-refractivity contribution is 0.575. The lowest BCUT2D eigenvalue weighted by Crippen LogP contribution is -2.44. The van der Waals surface area contributed by atoms with Gasteiger partial charge < -0.3 is 10.2 Å². The summed E-state index contributed by atoms with van der Waals surface area (Å²) in [6.45, 7) is -12.8. The fraction of sp³-hybridized carbons (Fsp3) is 0.364. The quantitative estimate of drug-likeness (QED) is 0.809. The molecule has 2 heterocycles. The molecule has 6 heteroatoms. The lowest BCUT2D eigenvalue weighted by Gasteiger charge is -2.27. The number of rotatable bonds is 2. The molecule has 2 aromatic rings. The van der Waals surface area contributed by atoms with Crippen molar-refractivity contribution in [3.8, 4) is 5.69 Å². The second-order valence-corrected chi connectivity index (χ2v) is 2.80. The minimum Gasteiger partial charge on any atom is -0.337 e. The molecule has 6 nitrogen and oxygen atoms in total. The number of anilines is 1. The third-order valence-corrected chi connectivity index (χ3v) is 1.81. The van der Waals surface area contributed by atoms with Gasteiger partial charge in [0.2, 0.25) is 5.95 Å². The number of hydrogen-bond acceptors (Lipinski definition) is 5. The van der Waals surface area contributed by atoms with Crippen LogP contribution in [0, 0.1) is 0 Å². The third kappa shape index (κ3) is 1.99. The van der Waals surface area contributed by atoms with E-state index in [-0.39, 0.29) is 4.90 Å². The maximum absolute atomic E-state index is 8.12. The van der Waals surface area contributed by atoms with Crippen molar-refractivity contribution in [1.29, 1.82) is 0 Å². The molecule has 0 aliphatic carbocycles. The van der Waals surface area contributed by atoms with Gasteiger partial charge in [0, 0.05) is 31.5 Å². The Morgan fingerprint density at radius 1 is 1.24 bits per heavy atom. The highest BCUT2D eigenvalue weighted by Gasteiger charge is 2.17. The van der Waals surface area contributed by atoms with Gasteiger partial charge in [0.1, 0.15) is 0 Å². The van der Waals surface area contributed by atoms with E-state index in [4.69, 9.17) is 17.8 Å². The molecule has 0 unspecified atom stereocenters. The number of nitrogens with one attached hydrogen (secondary N) is 1. The monoisotopic (exact) mass is 243 g/mol. The van der Waals surface area contributed by atoms with Crippen molar-refractivity contribution in [2.45, 2.75) is 0 Å². The predicted molar refractivity (Wildman–Crippen MR) is 64.2 cm³/mol. The zero-order valence-electron chi connectivity index (χ0n) is 21.2. The Balaban J connectivity index is 2.35. The van der Waals surface area contributed by atoms with Crippen molar-refractivity contribution < 1.29 is 17.8 Å². The van der Waals surface area contributed by atoms with Gasteiger partial charge in [-0.2, -0.15) is 4.68 Å². The number of piperazine rings is 1. The van der Waals surface area contributed by atoms with Crippen LogP contribution >= 0.6 is 0 Å². The van der Waals surface area contributed by atoms with E-state index in [2.05, 4.69) is 15.5 Å². The van der Waals surface area contributed by atoms with Gasteiger partial charge in [-0.15, -0.1) is 0 Å². The maximum Gasteiger partial charge on any atom is 0.250 e. The lowest BCUT2D eigenvalue weighted by atomic mass is 10.3. The van der Waals surface area contributed by atoms with E-state index >= 15 is 0 Å². The van der Waals surface area contributed by atoms with E-state index in [1.54, 1.807) is 5.32 Å². The Morgan fingerprint density at radius 3 is 2.76 bits per heavy atom.